The van der Waals surface area contributed by atoms with E-state index in [1.54, 1.807) is 0 Å². The van der Waals surface area contributed by atoms with Crippen molar-refractivity contribution < 1.29 is 9.90 Å². The zero-order valence-corrected chi connectivity index (χ0v) is 12.8. The van der Waals surface area contributed by atoms with Crippen molar-refractivity contribution in [1.82, 2.24) is 0 Å². The van der Waals surface area contributed by atoms with E-state index in [1.165, 1.54) is 5.56 Å². The van der Waals surface area contributed by atoms with Crippen molar-refractivity contribution >= 4 is 29.2 Å². The Kier molecular flexibility index (Phi) is 3.39. The van der Waals surface area contributed by atoms with Gasteiger partial charge in [-0.05, 0) is 23.0 Å². The molecule has 0 bridgehead atoms. The third kappa shape index (κ3) is 2.15. The number of carbonyl (C=O) groups is 1. The maximum absolute atomic E-state index is 11.5. The molecule has 0 radical (unpaired) electrons. The normalized spacial score (nSPS) is 25.1. The molecule has 1 unspecified atom stereocenters. The lowest BCUT2D eigenvalue weighted by molar-refractivity contribution is -0.140. The number of carboxylic acids is 1. The molecule has 0 aromatic heterocycles. The van der Waals surface area contributed by atoms with Gasteiger partial charge in [-0.2, -0.15) is 0 Å². The van der Waals surface area contributed by atoms with Crippen molar-refractivity contribution in [3.05, 3.63) is 35.4 Å². The van der Waals surface area contributed by atoms with Gasteiger partial charge < -0.3 is 5.11 Å². The van der Waals surface area contributed by atoms with Gasteiger partial charge in [0.05, 0.1) is 0 Å². The zero-order valence-electron chi connectivity index (χ0n) is 11.3. The molecule has 0 spiro atoms. The standard InChI is InChI=1S/C15H18Cl2O2/c1-4-13(2,3)10-5-7-11(8-6-10)14(12(18)19)9-15(14,16)17/h5-8H,4,9H2,1-3H3,(H,18,19). The Balaban J connectivity index is 2.37. The van der Waals surface area contributed by atoms with Crippen LogP contribution >= 0.6 is 23.2 Å². The lowest BCUT2D eigenvalue weighted by Crippen LogP contribution is -2.26. The highest BCUT2D eigenvalue weighted by molar-refractivity contribution is 6.54. The minimum Gasteiger partial charge on any atom is -0.480 e. The molecule has 1 aromatic carbocycles. The Bertz CT molecular complexity index is 505. The van der Waals surface area contributed by atoms with Crippen molar-refractivity contribution in [3.63, 3.8) is 0 Å². The second kappa shape index (κ2) is 4.39. The molecule has 1 saturated carbocycles. The minimum atomic E-state index is -1.19. The van der Waals surface area contributed by atoms with Crippen LogP contribution in [0.2, 0.25) is 0 Å². The number of hydrogen-bond donors (Lipinski definition) is 1. The molecule has 1 atom stereocenters. The highest BCUT2D eigenvalue weighted by atomic mass is 35.5. The number of aliphatic carboxylic acids is 1. The Hall–Kier alpha value is -0.730. The highest BCUT2D eigenvalue weighted by Crippen LogP contribution is 2.65. The lowest BCUT2D eigenvalue weighted by Gasteiger charge is -2.24. The van der Waals surface area contributed by atoms with E-state index in [1.807, 2.05) is 24.3 Å². The molecule has 1 fully saturated rings. The molecule has 0 amide bonds. The summed E-state index contributed by atoms with van der Waals surface area (Å²) >= 11 is 12.1. The van der Waals surface area contributed by atoms with Gasteiger partial charge >= 0.3 is 5.97 Å². The average molecular weight is 301 g/mol. The maximum Gasteiger partial charge on any atom is 0.317 e. The molecule has 104 valence electrons. The monoisotopic (exact) mass is 300 g/mol. The van der Waals surface area contributed by atoms with E-state index < -0.39 is 15.7 Å². The van der Waals surface area contributed by atoms with E-state index in [0.29, 0.717) is 5.56 Å². The summed E-state index contributed by atoms with van der Waals surface area (Å²) in [6, 6.07) is 7.64. The van der Waals surface area contributed by atoms with E-state index in [4.69, 9.17) is 23.2 Å². The van der Waals surface area contributed by atoms with Gasteiger partial charge in [-0.1, -0.05) is 68.2 Å². The summed E-state index contributed by atoms with van der Waals surface area (Å²) in [6.45, 7) is 6.47. The number of hydrogen-bond acceptors (Lipinski definition) is 1. The smallest absolute Gasteiger partial charge is 0.317 e. The summed E-state index contributed by atoms with van der Waals surface area (Å²) < 4.78 is -1.19. The Labute approximate surface area is 123 Å². The van der Waals surface area contributed by atoms with Crippen LogP contribution in [-0.4, -0.2) is 15.4 Å². The first-order valence-electron chi connectivity index (χ1n) is 6.39. The van der Waals surface area contributed by atoms with Crippen LogP contribution in [-0.2, 0) is 15.6 Å². The SMILES string of the molecule is CCC(C)(C)c1ccc(C2(C(=O)O)CC2(Cl)Cl)cc1. The Morgan fingerprint density at radius 2 is 1.79 bits per heavy atom. The van der Waals surface area contributed by atoms with Gasteiger partial charge in [0.15, 0.2) is 0 Å². The van der Waals surface area contributed by atoms with Crippen LogP contribution in [0.15, 0.2) is 24.3 Å². The van der Waals surface area contributed by atoms with Crippen LogP contribution in [0.3, 0.4) is 0 Å². The van der Waals surface area contributed by atoms with Gasteiger partial charge in [0.1, 0.15) is 9.75 Å². The summed E-state index contributed by atoms with van der Waals surface area (Å²) in [5, 5.41) is 9.40. The topological polar surface area (TPSA) is 37.3 Å². The van der Waals surface area contributed by atoms with Crippen LogP contribution in [0.4, 0.5) is 0 Å². The van der Waals surface area contributed by atoms with E-state index in [-0.39, 0.29) is 11.8 Å². The predicted octanol–water partition coefficient (Wildman–Crippen LogP) is 4.27. The van der Waals surface area contributed by atoms with Crippen LogP contribution in [0.1, 0.15) is 44.7 Å². The van der Waals surface area contributed by atoms with E-state index in [9.17, 15) is 9.90 Å². The molecular weight excluding hydrogens is 283 g/mol. The second-order valence-electron chi connectivity index (χ2n) is 5.91. The van der Waals surface area contributed by atoms with Crippen molar-refractivity contribution in [2.24, 2.45) is 0 Å². The zero-order chi connectivity index (χ0) is 14.5. The third-order valence-electron chi connectivity index (χ3n) is 4.39. The maximum atomic E-state index is 11.5. The summed E-state index contributed by atoms with van der Waals surface area (Å²) in [5.74, 6) is -0.958. The van der Waals surface area contributed by atoms with Crippen molar-refractivity contribution in [1.29, 1.82) is 0 Å². The molecule has 2 rings (SSSR count). The van der Waals surface area contributed by atoms with Crippen molar-refractivity contribution in [2.45, 2.75) is 48.8 Å². The van der Waals surface area contributed by atoms with Gasteiger partial charge in [0.2, 0.25) is 0 Å². The summed E-state index contributed by atoms with van der Waals surface area (Å²) in [7, 11) is 0. The van der Waals surface area contributed by atoms with E-state index in [2.05, 4.69) is 20.8 Å². The highest BCUT2D eigenvalue weighted by Gasteiger charge is 2.72. The lowest BCUT2D eigenvalue weighted by atomic mass is 9.81. The molecule has 4 heteroatoms. The number of halogens is 2. The second-order valence-corrected chi connectivity index (χ2v) is 7.39. The van der Waals surface area contributed by atoms with Gasteiger partial charge in [0, 0.05) is 6.42 Å². The van der Waals surface area contributed by atoms with E-state index in [0.717, 1.165) is 6.42 Å². The fourth-order valence-corrected chi connectivity index (χ4v) is 3.15. The molecule has 1 aromatic rings. The number of alkyl halides is 2. The number of carboxylic acid groups (broad SMARTS) is 1. The molecule has 0 saturated heterocycles. The van der Waals surface area contributed by atoms with Crippen molar-refractivity contribution in [2.75, 3.05) is 0 Å². The largest absolute Gasteiger partial charge is 0.480 e. The van der Waals surface area contributed by atoms with E-state index >= 15 is 0 Å². The number of benzene rings is 1. The Morgan fingerprint density at radius 3 is 2.11 bits per heavy atom. The van der Waals surface area contributed by atoms with Gasteiger partial charge in [0.25, 0.3) is 0 Å². The molecule has 0 heterocycles. The molecule has 1 aliphatic carbocycles. The first kappa shape index (κ1) is 14.7. The molecule has 2 nitrogen and oxygen atoms in total. The molecule has 1 N–H and O–H groups in total. The molecule has 1 aliphatic rings. The van der Waals surface area contributed by atoms with Crippen molar-refractivity contribution in [3.8, 4) is 0 Å². The summed E-state index contributed by atoms with van der Waals surface area (Å²) in [4.78, 5) is 11.5. The van der Waals surface area contributed by atoms with Gasteiger partial charge in [-0.15, -0.1) is 0 Å². The van der Waals surface area contributed by atoms with Gasteiger partial charge in [-0.3, -0.25) is 4.79 Å². The quantitative estimate of drug-likeness (QED) is 0.843. The first-order valence-corrected chi connectivity index (χ1v) is 7.15. The number of rotatable bonds is 4. The fraction of sp³-hybridized carbons (Fsp3) is 0.533. The molecular formula is C15H18Cl2O2. The van der Waals surface area contributed by atoms with Crippen LogP contribution in [0, 0.1) is 0 Å². The van der Waals surface area contributed by atoms with Gasteiger partial charge in [-0.25, -0.2) is 0 Å². The third-order valence-corrected chi connectivity index (χ3v) is 5.31. The van der Waals surface area contributed by atoms with Crippen LogP contribution in [0.25, 0.3) is 0 Å². The predicted molar refractivity (Wildman–Crippen MR) is 78.1 cm³/mol. The van der Waals surface area contributed by atoms with Crippen LogP contribution < -0.4 is 0 Å². The fourth-order valence-electron chi connectivity index (χ4n) is 2.37. The average Bonchev–Trinajstić information content (AvgIpc) is 2.94. The minimum absolute atomic E-state index is 0.0808. The van der Waals surface area contributed by atoms with Crippen LogP contribution in [0.5, 0.6) is 0 Å². The Morgan fingerprint density at radius 1 is 1.32 bits per heavy atom. The molecule has 0 aliphatic heterocycles. The first-order chi connectivity index (χ1) is 8.67. The summed E-state index contributed by atoms with van der Waals surface area (Å²) in [5.41, 5.74) is 0.804. The summed E-state index contributed by atoms with van der Waals surface area (Å²) in [6.07, 6.45) is 1.28. The molecule has 19 heavy (non-hydrogen) atoms.